The average Bonchev–Trinajstić information content (AvgIpc) is 2.88. The number of aryl methyl sites for hydroxylation is 2. The summed E-state index contributed by atoms with van der Waals surface area (Å²) in [5.74, 6) is 0.907. The number of anilines is 3. The van der Waals surface area contributed by atoms with Gasteiger partial charge in [0, 0.05) is 43.3 Å². The van der Waals surface area contributed by atoms with Crippen LogP contribution in [0, 0.1) is 0 Å². The molecule has 7 heteroatoms. The first-order valence-electron chi connectivity index (χ1n) is 12.6. The number of benzene rings is 2. The zero-order valence-electron chi connectivity index (χ0n) is 21.2. The van der Waals surface area contributed by atoms with Crippen molar-refractivity contribution in [2.75, 3.05) is 28.6 Å². The van der Waals surface area contributed by atoms with E-state index in [0.29, 0.717) is 6.04 Å². The van der Waals surface area contributed by atoms with Gasteiger partial charge in [-0.15, -0.1) is 0 Å². The van der Waals surface area contributed by atoms with E-state index in [-0.39, 0.29) is 12.1 Å². The van der Waals surface area contributed by atoms with Gasteiger partial charge in [0.25, 0.3) is 0 Å². The molecule has 2 amide bonds. The molecule has 0 bridgehead atoms. The van der Waals surface area contributed by atoms with Gasteiger partial charge in [0.05, 0.1) is 11.2 Å². The number of thiol groups is 1. The first-order chi connectivity index (χ1) is 16.9. The predicted octanol–water partition coefficient (Wildman–Crippen LogP) is 6.21. The molecule has 0 atom stereocenters. The Kier molecular flexibility index (Phi) is 8.06. The van der Waals surface area contributed by atoms with E-state index in [1.54, 1.807) is 0 Å². The molecule has 3 aromatic rings. The molecule has 1 aliphatic carbocycles. The summed E-state index contributed by atoms with van der Waals surface area (Å²) in [5.41, 5.74) is 5.36. The molecule has 0 radical (unpaired) electrons. The third kappa shape index (κ3) is 5.67. The molecule has 6 nitrogen and oxygen atoms in total. The van der Waals surface area contributed by atoms with Gasteiger partial charge < -0.3 is 15.5 Å². The van der Waals surface area contributed by atoms with Crippen molar-refractivity contribution in [3.05, 3.63) is 59.7 Å². The summed E-state index contributed by atoms with van der Waals surface area (Å²) in [5, 5.41) is 8.01. The lowest BCUT2D eigenvalue weighted by atomic mass is 9.91. The fourth-order valence-electron chi connectivity index (χ4n) is 5.02. The number of nitrogens with zero attached hydrogens (tertiary/aromatic N) is 3. The van der Waals surface area contributed by atoms with Crippen molar-refractivity contribution in [3.63, 3.8) is 0 Å². The van der Waals surface area contributed by atoms with Crippen molar-refractivity contribution in [2.24, 2.45) is 0 Å². The zero-order chi connectivity index (χ0) is 24.9. The van der Waals surface area contributed by atoms with Gasteiger partial charge in [-0.25, -0.2) is 14.1 Å². The molecule has 0 unspecified atom stereocenters. The Balaban J connectivity index is 1.37. The van der Waals surface area contributed by atoms with E-state index < -0.39 is 0 Å². The third-order valence-electron chi connectivity index (χ3n) is 6.95. The minimum atomic E-state index is -0.146. The number of hydrogen-bond acceptors (Lipinski definition) is 5. The van der Waals surface area contributed by atoms with Crippen LogP contribution < -0.4 is 19.8 Å². The number of pyridine rings is 1. The molecule has 1 aliphatic rings. The van der Waals surface area contributed by atoms with Crippen LogP contribution in [0.1, 0.15) is 50.7 Å². The van der Waals surface area contributed by atoms with E-state index in [9.17, 15) is 4.79 Å². The van der Waals surface area contributed by atoms with Gasteiger partial charge in [0.2, 0.25) is 0 Å². The van der Waals surface area contributed by atoms with Gasteiger partial charge in [-0.05, 0) is 55.7 Å². The topological polar surface area (TPSA) is 60.5 Å². The maximum absolute atomic E-state index is 13.1. The number of hydrogen-bond donors (Lipinski definition) is 3. The predicted molar refractivity (Wildman–Crippen MR) is 151 cm³/mol. The van der Waals surface area contributed by atoms with Crippen LogP contribution in [-0.2, 0) is 12.8 Å². The van der Waals surface area contributed by atoms with Crippen LogP contribution >= 0.6 is 12.8 Å². The molecule has 1 saturated carbocycles. The van der Waals surface area contributed by atoms with Crippen LogP contribution in [0.15, 0.2) is 48.5 Å². The van der Waals surface area contributed by atoms with Gasteiger partial charge >= 0.3 is 6.03 Å². The monoisotopic (exact) mass is 491 g/mol. The van der Waals surface area contributed by atoms with Gasteiger partial charge in [-0.1, -0.05) is 63.1 Å². The van der Waals surface area contributed by atoms with E-state index in [4.69, 9.17) is 4.98 Å². The standard InChI is InChI=1S/C28H37N5OS/c1-5-19-10-9-11-20(6-2)27(19)33(35)28(34)30-22-16-14-21(15-17-22)29-26-18-25(32(3)4)23-12-7-8-13-24(23)31-26/h7-13,18,21-22,35H,5-6,14-17H2,1-4H3,(H,29,31)(H,30,34). The maximum atomic E-state index is 13.1. The summed E-state index contributed by atoms with van der Waals surface area (Å²) >= 11 is 4.60. The summed E-state index contributed by atoms with van der Waals surface area (Å²) < 4.78 is 1.50. The molecule has 186 valence electrons. The maximum Gasteiger partial charge on any atom is 0.332 e. The molecule has 0 saturated heterocycles. The Hall–Kier alpha value is -2.93. The first-order valence-corrected chi connectivity index (χ1v) is 13.0. The van der Waals surface area contributed by atoms with Crippen molar-refractivity contribution in [2.45, 2.75) is 64.5 Å². The Morgan fingerprint density at radius 1 is 0.971 bits per heavy atom. The number of fused-ring (bicyclic) bond motifs is 1. The second-order valence-electron chi connectivity index (χ2n) is 9.52. The molecular weight excluding hydrogens is 454 g/mol. The lowest BCUT2D eigenvalue weighted by Crippen LogP contribution is -2.44. The van der Waals surface area contributed by atoms with Gasteiger partial charge in [-0.3, -0.25) is 0 Å². The highest BCUT2D eigenvalue weighted by Gasteiger charge is 2.26. The molecule has 2 aromatic carbocycles. The van der Waals surface area contributed by atoms with Crippen molar-refractivity contribution < 1.29 is 4.79 Å². The quantitative estimate of drug-likeness (QED) is 0.344. The van der Waals surface area contributed by atoms with Crippen molar-refractivity contribution in [1.82, 2.24) is 10.3 Å². The number of nitrogens with one attached hydrogen (secondary N) is 2. The summed E-state index contributed by atoms with van der Waals surface area (Å²) in [6.07, 6.45) is 5.54. The number of aromatic nitrogens is 1. The SMILES string of the molecule is CCc1cccc(CC)c1N(S)C(=O)NC1CCC(Nc2cc(N(C)C)c3ccccc3n2)CC1. The Labute approximate surface area is 214 Å². The number of amides is 2. The molecule has 0 aliphatic heterocycles. The summed E-state index contributed by atoms with van der Waals surface area (Å²) in [4.78, 5) is 20.0. The molecule has 1 aromatic heterocycles. The van der Waals surface area contributed by atoms with Crippen LogP contribution in [-0.4, -0.2) is 37.2 Å². The number of rotatable bonds is 7. The Morgan fingerprint density at radius 3 is 2.23 bits per heavy atom. The minimum Gasteiger partial charge on any atom is -0.377 e. The fourth-order valence-corrected chi connectivity index (χ4v) is 5.33. The van der Waals surface area contributed by atoms with Crippen LogP contribution in [0.5, 0.6) is 0 Å². The van der Waals surface area contributed by atoms with Crippen molar-refractivity contribution in [3.8, 4) is 0 Å². The van der Waals surface area contributed by atoms with Crippen LogP contribution in [0.25, 0.3) is 10.9 Å². The Morgan fingerprint density at radius 2 is 1.60 bits per heavy atom. The van der Waals surface area contributed by atoms with E-state index in [2.05, 4.69) is 98.8 Å². The van der Waals surface area contributed by atoms with Crippen molar-refractivity contribution >= 4 is 46.9 Å². The molecule has 1 fully saturated rings. The molecular formula is C28H37N5OS. The minimum absolute atomic E-state index is 0.146. The highest BCUT2D eigenvalue weighted by atomic mass is 32.1. The van der Waals surface area contributed by atoms with E-state index >= 15 is 0 Å². The molecule has 4 rings (SSSR count). The number of para-hydroxylation sites is 2. The van der Waals surface area contributed by atoms with Gasteiger partial charge in [0.15, 0.2) is 0 Å². The summed E-state index contributed by atoms with van der Waals surface area (Å²) in [6, 6.07) is 16.9. The van der Waals surface area contributed by atoms with E-state index in [1.807, 2.05) is 6.07 Å². The van der Waals surface area contributed by atoms with E-state index in [0.717, 1.165) is 77.7 Å². The smallest absolute Gasteiger partial charge is 0.332 e. The molecule has 0 spiro atoms. The highest BCUT2D eigenvalue weighted by Crippen LogP contribution is 2.31. The number of carbonyl (C=O) groups excluding carboxylic acids is 1. The van der Waals surface area contributed by atoms with Crippen LogP contribution in [0.4, 0.5) is 22.0 Å². The summed E-state index contributed by atoms with van der Waals surface area (Å²) in [6.45, 7) is 4.22. The molecule has 35 heavy (non-hydrogen) atoms. The second-order valence-corrected chi connectivity index (χ2v) is 9.92. The first kappa shape index (κ1) is 25.2. The normalized spacial score (nSPS) is 17.7. The fraction of sp³-hybridized carbons (Fsp3) is 0.429. The third-order valence-corrected chi connectivity index (χ3v) is 7.33. The number of carbonyl (C=O) groups is 1. The Bertz CT molecular complexity index is 1150. The largest absolute Gasteiger partial charge is 0.377 e. The summed E-state index contributed by atoms with van der Waals surface area (Å²) in [7, 11) is 4.12. The second kappa shape index (κ2) is 11.2. The van der Waals surface area contributed by atoms with Gasteiger partial charge in [0.1, 0.15) is 5.82 Å². The lowest BCUT2D eigenvalue weighted by molar-refractivity contribution is 0.241. The van der Waals surface area contributed by atoms with Gasteiger partial charge in [-0.2, -0.15) is 0 Å². The van der Waals surface area contributed by atoms with E-state index in [1.165, 1.54) is 4.31 Å². The van der Waals surface area contributed by atoms with Crippen molar-refractivity contribution in [1.29, 1.82) is 0 Å². The molecule has 1 heterocycles. The molecule has 2 N–H and O–H groups in total. The van der Waals surface area contributed by atoms with Crippen LogP contribution in [0.3, 0.4) is 0 Å². The highest BCUT2D eigenvalue weighted by molar-refractivity contribution is 7.82. The zero-order valence-corrected chi connectivity index (χ0v) is 22.1. The van der Waals surface area contributed by atoms with Crippen LogP contribution in [0.2, 0.25) is 0 Å². The average molecular weight is 492 g/mol. The number of urea groups is 1. The lowest BCUT2D eigenvalue weighted by Gasteiger charge is -2.32.